The summed E-state index contributed by atoms with van der Waals surface area (Å²) in [6.07, 6.45) is 0. The summed E-state index contributed by atoms with van der Waals surface area (Å²) in [5, 5.41) is 24.7. The number of halogens is 2. The van der Waals surface area contributed by atoms with E-state index < -0.39 is 0 Å². The second kappa shape index (κ2) is 8.60. The van der Waals surface area contributed by atoms with E-state index in [-0.39, 0.29) is 42.4 Å². The Morgan fingerprint density at radius 1 is 1.05 bits per heavy atom. The summed E-state index contributed by atoms with van der Waals surface area (Å²) in [4.78, 5) is 3.67. The van der Waals surface area contributed by atoms with Gasteiger partial charge in [0.2, 0.25) is 0 Å². The van der Waals surface area contributed by atoms with Crippen LogP contribution in [0, 0.1) is 0 Å². The van der Waals surface area contributed by atoms with Gasteiger partial charge in [-0.25, -0.2) is 0 Å². The molecule has 2 heterocycles. The Kier molecular flexibility index (Phi) is 7.45. The van der Waals surface area contributed by atoms with Crippen molar-refractivity contribution < 1.29 is 10.2 Å². The molecule has 1 aliphatic rings. The Hall–Kier alpha value is -0.980. The van der Waals surface area contributed by atoms with E-state index in [4.69, 9.17) is 0 Å². The first-order valence-electron chi connectivity index (χ1n) is 6.76. The van der Waals surface area contributed by atoms with Gasteiger partial charge >= 0.3 is 0 Å². The highest BCUT2D eigenvalue weighted by Gasteiger charge is 2.25. The van der Waals surface area contributed by atoms with E-state index >= 15 is 0 Å². The molecule has 1 aliphatic heterocycles. The molecule has 2 aromatic rings. The molecule has 3 N–H and O–H groups in total. The van der Waals surface area contributed by atoms with Gasteiger partial charge in [0.1, 0.15) is 0 Å². The zero-order chi connectivity index (χ0) is 13.9. The lowest BCUT2D eigenvalue weighted by Gasteiger charge is -2.34. The number of thiophene rings is 1. The molecule has 1 saturated heterocycles. The average molecular weight is 363 g/mol. The van der Waals surface area contributed by atoms with E-state index in [1.807, 2.05) is 6.07 Å². The zero-order valence-corrected chi connectivity index (χ0v) is 14.4. The first-order valence-corrected chi connectivity index (χ1v) is 7.64. The van der Waals surface area contributed by atoms with E-state index in [2.05, 4.69) is 27.7 Å². The standard InChI is InChI=1S/C15H18N2O2S.2ClH/c18-12-4-3-11(10-13(12)19)15(14-2-1-9-20-14)17-7-5-16-6-8-17;;/h1-4,9-10,15-16,18-19H,5-8H2;2*1H/t15-;;/m1../s1. The van der Waals surface area contributed by atoms with E-state index in [0.29, 0.717) is 0 Å². The van der Waals surface area contributed by atoms with Crippen molar-refractivity contribution in [3.8, 4) is 11.5 Å². The molecule has 0 bridgehead atoms. The zero-order valence-electron chi connectivity index (χ0n) is 11.9. The smallest absolute Gasteiger partial charge is 0.157 e. The molecule has 4 nitrogen and oxygen atoms in total. The number of nitrogens with zero attached hydrogens (tertiary/aromatic N) is 1. The van der Waals surface area contributed by atoms with Gasteiger partial charge in [-0.05, 0) is 29.1 Å². The van der Waals surface area contributed by atoms with Gasteiger partial charge in [-0.2, -0.15) is 0 Å². The Morgan fingerprint density at radius 2 is 1.77 bits per heavy atom. The number of rotatable bonds is 3. The maximum atomic E-state index is 9.77. The molecule has 1 aromatic carbocycles. The molecular weight excluding hydrogens is 343 g/mol. The molecule has 7 heteroatoms. The van der Waals surface area contributed by atoms with Crippen LogP contribution in [-0.2, 0) is 0 Å². The number of nitrogens with one attached hydrogen (secondary N) is 1. The maximum absolute atomic E-state index is 9.77. The Bertz CT molecular complexity index is 575. The number of aromatic hydroxyl groups is 2. The van der Waals surface area contributed by atoms with Crippen molar-refractivity contribution in [3.05, 3.63) is 46.2 Å². The van der Waals surface area contributed by atoms with E-state index in [1.165, 1.54) is 4.88 Å². The minimum absolute atomic E-state index is 0. The van der Waals surface area contributed by atoms with E-state index in [1.54, 1.807) is 23.5 Å². The number of phenols is 2. The lowest BCUT2D eigenvalue weighted by Crippen LogP contribution is -2.45. The highest BCUT2D eigenvalue weighted by molar-refractivity contribution is 7.10. The fraction of sp³-hybridized carbons (Fsp3) is 0.333. The summed E-state index contributed by atoms with van der Waals surface area (Å²) in [7, 11) is 0. The normalized spacial score (nSPS) is 16.4. The second-order valence-electron chi connectivity index (χ2n) is 4.95. The average Bonchev–Trinajstić information content (AvgIpc) is 2.98. The minimum Gasteiger partial charge on any atom is -0.504 e. The first kappa shape index (κ1) is 19.1. The van der Waals surface area contributed by atoms with Crippen LogP contribution in [0.4, 0.5) is 0 Å². The molecule has 0 amide bonds. The van der Waals surface area contributed by atoms with Gasteiger partial charge in [0.15, 0.2) is 11.5 Å². The lowest BCUT2D eigenvalue weighted by atomic mass is 10.0. The van der Waals surface area contributed by atoms with Crippen LogP contribution in [0.25, 0.3) is 0 Å². The fourth-order valence-electron chi connectivity index (χ4n) is 2.65. The summed E-state index contributed by atoms with van der Waals surface area (Å²) in [6, 6.07) is 9.44. The van der Waals surface area contributed by atoms with Crippen LogP contribution >= 0.6 is 36.2 Å². The molecule has 0 spiro atoms. The maximum Gasteiger partial charge on any atom is 0.157 e. The van der Waals surface area contributed by atoms with Gasteiger partial charge in [0, 0.05) is 31.1 Å². The predicted octanol–water partition coefficient (Wildman–Crippen LogP) is 3.00. The van der Waals surface area contributed by atoms with Crippen LogP contribution < -0.4 is 5.32 Å². The Balaban J connectivity index is 0.00000121. The summed E-state index contributed by atoms with van der Waals surface area (Å²) in [6.45, 7) is 3.91. The highest BCUT2D eigenvalue weighted by Crippen LogP contribution is 2.35. The SMILES string of the molecule is Cl.Cl.Oc1ccc([C@H](c2cccs2)N2CCNCC2)cc1O. The topological polar surface area (TPSA) is 55.7 Å². The monoisotopic (exact) mass is 362 g/mol. The van der Waals surface area contributed by atoms with Crippen molar-refractivity contribution in [2.75, 3.05) is 26.2 Å². The molecule has 3 rings (SSSR count). The predicted molar refractivity (Wildman–Crippen MR) is 94.9 cm³/mol. The first-order chi connectivity index (χ1) is 9.75. The van der Waals surface area contributed by atoms with Gasteiger partial charge in [0.05, 0.1) is 6.04 Å². The van der Waals surface area contributed by atoms with Crippen LogP contribution in [0.2, 0.25) is 0 Å². The van der Waals surface area contributed by atoms with Crippen LogP contribution in [-0.4, -0.2) is 41.3 Å². The van der Waals surface area contributed by atoms with Gasteiger partial charge in [-0.3, -0.25) is 4.90 Å². The van der Waals surface area contributed by atoms with Crippen LogP contribution in [0.15, 0.2) is 35.7 Å². The second-order valence-corrected chi connectivity index (χ2v) is 5.93. The fourth-order valence-corrected chi connectivity index (χ4v) is 3.54. The van der Waals surface area contributed by atoms with Gasteiger partial charge in [-0.1, -0.05) is 12.1 Å². The molecular formula is C15H20Cl2N2O2S. The Labute approximate surface area is 146 Å². The third kappa shape index (κ3) is 4.06. The van der Waals surface area contributed by atoms with E-state index in [0.717, 1.165) is 31.7 Å². The third-order valence-corrected chi connectivity index (χ3v) is 4.57. The summed E-state index contributed by atoms with van der Waals surface area (Å²) in [5.74, 6) is -0.127. The highest BCUT2D eigenvalue weighted by atomic mass is 35.5. The molecule has 0 aliphatic carbocycles. The van der Waals surface area contributed by atoms with Crippen molar-refractivity contribution in [1.82, 2.24) is 10.2 Å². The number of benzene rings is 1. The number of hydrogen-bond acceptors (Lipinski definition) is 5. The van der Waals surface area contributed by atoms with Gasteiger partial charge < -0.3 is 15.5 Å². The van der Waals surface area contributed by atoms with Gasteiger partial charge in [-0.15, -0.1) is 36.2 Å². The Morgan fingerprint density at radius 3 is 2.36 bits per heavy atom. The quantitative estimate of drug-likeness (QED) is 0.734. The summed E-state index contributed by atoms with van der Waals surface area (Å²) >= 11 is 1.72. The van der Waals surface area contributed by atoms with Crippen LogP contribution in [0.5, 0.6) is 11.5 Å². The van der Waals surface area contributed by atoms with Crippen molar-refractivity contribution in [2.45, 2.75) is 6.04 Å². The molecule has 1 aromatic heterocycles. The summed E-state index contributed by atoms with van der Waals surface area (Å²) < 4.78 is 0. The van der Waals surface area contributed by atoms with Crippen molar-refractivity contribution >= 4 is 36.2 Å². The molecule has 22 heavy (non-hydrogen) atoms. The largest absolute Gasteiger partial charge is 0.504 e. The molecule has 1 atom stereocenters. The minimum atomic E-state index is -0.0704. The molecule has 1 fully saturated rings. The van der Waals surface area contributed by atoms with Crippen LogP contribution in [0.3, 0.4) is 0 Å². The number of hydrogen-bond donors (Lipinski definition) is 3. The third-order valence-electron chi connectivity index (χ3n) is 3.64. The number of phenolic OH excluding ortho intramolecular Hbond substituents is 2. The van der Waals surface area contributed by atoms with Crippen LogP contribution in [0.1, 0.15) is 16.5 Å². The van der Waals surface area contributed by atoms with Gasteiger partial charge in [0.25, 0.3) is 0 Å². The molecule has 0 unspecified atom stereocenters. The van der Waals surface area contributed by atoms with Crippen molar-refractivity contribution in [1.29, 1.82) is 0 Å². The number of piperazine rings is 1. The van der Waals surface area contributed by atoms with Crippen molar-refractivity contribution in [3.63, 3.8) is 0 Å². The molecule has 122 valence electrons. The summed E-state index contributed by atoms with van der Waals surface area (Å²) in [5.41, 5.74) is 1.02. The lowest BCUT2D eigenvalue weighted by molar-refractivity contribution is 0.200. The molecule has 0 saturated carbocycles. The van der Waals surface area contributed by atoms with E-state index in [9.17, 15) is 10.2 Å². The van der Waals surface area contributed by atoms with Crippen molar-refractivity contribution in [2.24, 2.45) is 0 Å². The molecule has 0 radical (unpaired) electrons.